The average Bonchev–Trinajstić information content (AvgIpc) is 1.65. The van der Waals surface area contributed by atoms with Crippen molar-refractivity contribution in [2.45, 2.75) is 0 Å². The molecule has 0 heterocycles. The summed E-state index contributed by atoms with van der Waals surface area (Å²) in [7, 11) is 1.27. The molecule has 0 saturated heterocycles. The molecule has 4 heteroatoms. The van der Waals surface area contributed by atoms with Crippen molar-refractivity contribution in [3.05, 3.63) is 12.5 Å². The second kappa shape index (κ2) is 2.90. The molecular formula is C4H6O4. The zero-order valence-corrected chi connectivity index (χ0v) is 4.38. The predicted molar refractivity (Wildman–Crippen MR) is 25.3 cm³/mol. The van der Waals surface area contributed by atoms with Gasteiger partial charge in [0.25, 0.3) is 5.95 Å². The maximum atomic E-state index is 9.61. The fourth-order valence-electron chi connectivity index (χ4n) is 0.139. The van der Waals surface area contributed by atoms with E-state index in [2.05, 4.69) is 16.1 Å². The monoisotopic (exact) mass is 118 g/mol. The van der Waals surface area contributed by atoms with Crippen LogP contribution in [0.5, 0.6) is 0 Å². The molecule has 0 atom stereocenters. The van der Waals surface area contributed by atoms with E-state index in [-0.39, 0.29) is 5.95 Å². The molecular weight excluding hydrogens is 112 g/mol. The largest absolute Gasteiger partial charge is 0.513 e. The summed E-state index contributed by atoms with van der Waals surface area (Å²) >= 11 is 0. The number of carbonyl (C=O) groups is 1. The lowest BCUT2D eigenvalue weighted by Gasteiger charge is -1.98. The van der Waals surface area contributed by atoms with Crippen molar-refractivity contribution in [3.63, 3.8) is 0 Å². The van der Waals surface area contributed by atoms with Crippen molar-refractivity contribution in [1.82, 2.24) is 0 Å². The van der Waals surface area contributed by atoms with Crippen molar-refractivity contribution < 1.29 is 19.4 Å². The third-order valence-corrected chi connectivity index (χ3v) is 0.429. The van der Waals surface area contributed by atoms with Gasteiger partial charge in [0.15, 0.2) is 0 Å². The summed E-state index contributed by atoms with van der Waals surface area (Å²) in [5.74, 6) is -0.225. The standard InChI is InChI=1S/C4H6O4/c1-3(7-2)8-4(5)6/h1H2,2H3,(H,5,6). The summed E-state index contributed by atoms with van der Waals surface area (Å²) in [6.45, 7) is 3.09. The van der Waals surface area contributed by atoms with Crippen molar-refractivity contribution in [3.8, 4) is 0 Å². The highest BCUT2D eigenvalue weighted by molar-refractivity contribution is 5.57. The van der Waals surface area contributed by atoms with Crippen molar-refractivity contribution in [2.75, 3.05) is 7.11 Å². The van der Waals surface area contributed by atoms with Gasteiger partial charge in [-0.15, -0.1) is 0 Å². The Bertz CT molecular complexity index is 107. The van der Waals surface area contributed by atoms with Crippen LogP contribution in [0.25, 0.3) is 0 Å². The van der Waals surface area contributed by atoms with Crippen LogP contribution in [0.4, 0.5) is 4.79 Å². The minimum Gasteiger partial charge on any atom is -0.469 e. The van der Waals surface area contributed by atoms with Crippen LogP contribution in [0.3, 0.4) is 0 Å². The smallest absolute Gasteiger partial charge is 0.469 e. The van der Waals surface area contributed by atoms with Crippen molar-refractivity contribution in [1.29, 1.82) is 0 Å². The van der Waals surface area contributed by atoms with Crippen LogP contribution >= 0.6 is 0 Å². The number of methoxy groups -OCH3 is 1. The predicted octanol–water partition coefficient (Wildman–Crippen LogP) is 0.799. The molecule has 0 saturated carbocycles. The first-order valence-electron chi connectivity index (χ1n) is 1.80. The van der Waals surface area contributed by atoms with Crippen LogP contribution in [0, 0.1) is 0 Å². The molecule has 8 heavy (non-hydrogen) atoms. The molecule has 0 aliphatic carbocycles. The van der Waals surface area contributed by atoms with Gasteiger partial charge < -0.3 is 14.6 Å². The van der Waals surface area contributed by atoms with E-state index in [1.807, 2.05) is 0 Å². The zero-order valence-electron chi connectivity index (χ0n) is 4.38. The Hall–Kier alpha value is -1.19. The SMILES string of the molecule is C=C(OC)OC(=O)O. The maximum absolute atomic E-state index is 9.61. The minimum atomic E-state index is -1.42. The highest BCUT2D eigenvalue weighted by Gasteiger charge is 1.97. The Morgan fingerprint density at radius 2 is 2.25 bits per heavy atom. The summed E-state index contributed by atoms with van der Waals surface area (Å²) in [6, 6.07) is 0. The third kappa shape index (κ3) is 3.02. The summed E-state index contributed by atoms with van der Waals surface area (Å²) in [6.07, 6.45) is -1.42. The molecule has 0 unspecified atom stereocenters. The van der Waals surface area contributed by atoms with Gasteiger partial charge in [0.2, 0.25) is 0 Å². The van der Waals surface area contributed by atoms with Crippen LogP contribution < -0.4 is 0 Å². The first kappa shape index (κ1) is 6.81. The molecule has 46 valence electrons. The molecule has 0 radical (unpaired) electrons. The molecule has 0 spiro atoms. The number of carboxylic acid groups (broad SMARTS) is 1. The van der Waals surface area contributed by atoms with E-state index in [1.165, 1.54) is 7.11 Å². The van der Waals surface area contributed by atoms with Gasteiger partial charge in [-0.2, -0.15) is 0 Å². The molecule has 0 aliphatic rings. The number of hydrogen-bond donors (Lipinski definition) is 1. The lowest BCUT2D eigenvalue weighted by molar-refractivity contribution is 0.0592. The molecule has 0 fully saturated rings. The summed E-state index contributed by atoms with van der Waals surface area (Å²) < 4.78 is 8.16. The minimum absolute atomic E-state index is 0.225. The van der Waals surface area contributed by atoms with Gasteiger partial charge in [-0.25, -0.2) is 4.79 Å². The van der Waals surface area contributed by atoms with Gasteiger partial charge in [0.05, 0.1) is 7.11 Å². The topological polar surface area (TPSA) is 55.8 Å². The van der Waals surface area contributed by atoms with Gasteiger partial charge in [0, 0.05) is 0 Å². The van der Waals surface area contributed by atoms with E-state index < -0.39 is 6.16 Å². The Kier molecular flexibility index (Phi) is 2.47. The number of hydrogen-bond acceptors (Lipinski definition) is 3. The Morgan fingerprint density at radius 1 is 1.75 bits per heavy atom. The van der Waals surface area contributed by atoms with E-state index >= 15 is 0 Å². The van der Waals surface area contributed by atoms with E-state index in [0.29, 0.717) is 0 Å². The van der Waals surface area contributed by atoms with Gasteiger partial charge in [-0.1, -0.05) is 0 Å². The molecule has 0 aromatic heterocycles. The third-order valence-electron chi connectivity index (χ3n) is 0.429. The van der Waals surface area contributed by atoms with Gasteiger partial charge >= 0.3 is 6.16 Å². The van der Waals surface area contributed by atoms with Crippen molar-refractivity contribution in [2.24, 2.45) is 0 Å². The van der Waals surface area contributed by atoms with Crippen LogP contribution in [0.15, 0.2) is 12.5 Å². The van der Waals surface area contributed by atoms with Crippen LogP contribution in [-0.2, 0) is 9.47 Å². The normalized spacial score (nSPS) is 7.62. The van der Waals surface area contributed by atoms with E-state index in [9.17, 15) is 4.79 Å². The number of rotatable bonds is 2. The highest BCUT2D eigenvalue weighted by Crippen LogP contribution is 1.91. The second-order valence-corrected chi connectivity index (χ2v) is 0.944. The van der Waals surface area contributed by atoms with Gasteiger partial charge in [-0.05, 0) is 6.58 Å². The summed E-state index contributed by atoms with van der Waals surface area (Å²) in [4.78, 5) is 9.61. The quantitative estimate of drug-likeness (QED) is 0.430. The lowest BCUT2D eigenvalue weighted by Crippen LogP contribution is -1.99. The molecule has 4 nitrogen and oxygen atoms in total. The molecule has 0 rings (SSSR count). The summed E-state index contributed by atoms with van der Waals surface area (Å²) in [5, 5.41) is 7.85. The Morgan fingerprint density at radius 3 is 2.38 bits per heavy atom. The van der Waals surface area contributed by atoms with E-state index in [1.54, 1.807) is 0 Å². The molecule has 0 aliphatic heterocycles. The molecule has 0 bridgehead atoms. The lowest BCUT2D eigenvalue weighted by atomic mass is 11.0. The van der Waals surface area contributed by atoms with Crippen molar-refractivity contribution >= 4 is 6.16 Å². The van der Waals surface area contributed by atoms with E-state index in [4.69, 9.17) is 5.11 Å². The van der Waals surface area contributed by atoms with Gasteiger partial charge in [-0.3, -0.25) is 0 Å². The van der Waals surface area contributed by atoms with E-state index in [0.717, 1.165) is 0 Å². The van der Waals surface area contributed by atoms with Crippen LogP contribution in [0.2, 0.25) is 0 Å². The van der Waals surface area contributed by atoms with Crippen LogP contribution in [-0.4, -0.2) is 18.4 Å². The molecule has 0 amide bonds. The fourth-order valence-corrected chi connectivity index (χ4v) is 0.139. The second-order valence-electron chi connectivity index (χ2n) is 0.944. The first-order valence-corrected chi connectivity index (χ1v) is 1.80. The first-order chi connectivity index (χ1) is 3.66. The highest BCUT2D eigenvalue weighted by atomic mass is 16.7. The average molecular weight is 118 g/mol. The van der Waals surface area contributed by atoms with Crippen LogP contribution in [0.1, 0.15) is 0 Å². The maximum Gasteiger partial charge on any atom is 0.513 e. The van der Waals surface area contributed by atoms with Gasteiger partial charge in [0.1, 0.15) is 0 Å². The summed E-state index contributed by atoms with van der Waals surface area (Å²) in [5.41, 5.74) is 0. The number of ether oxygens (including phenoxy) is 2. The Balaban J connectivity index is 3.40. The molecule has 1 N–H and O–H groups in total. The fraction of sp³-hybridized carbons (Fsp3) is 0.250. The zero-order chi connectivity index (χ0) is 6.57. The Labute approximate surface area is 46.3 Å². The molecule has 0 aromatic carbocycles. The molecule has 0 aromatic rings.